The number of carboxylic acids is 1. The SMILES string of the molecule is COc1ccc2c(c1OC)C(=O)N(CCc1ccc3c(c1)OCO3)C2CC(=O)O. The van der Waals surface area contributed by atoms with E-state index in [4.69, 9.17) is 18.9 Å². The molecule has 0 aliphatic carbocycles. The van der Waals surface area contributed by atoms with Gasteiger partial charge < -0.3 is 29.0 Å². The molecule has 8 heteroatoms. The highest BCUT2D eigenvalue weighted by Crippen LogP contribution is 2.44. The van der Waals surface area contributed by atoms with Crippen molar-refractivity contribution in [2.24, 2.45) is 0 Å². The lowest BCUT2D eigenvalue weighted by Gasteiger charge is -2.24. The predicted molar refractivity (Wildman–Crippen MR) is 102 cm³/mol. The van der Waals surface area contributed by atoms with E-state index >= 15 is 0 Å². The summed E-state index contributed by atoms with van der Waals surface area (Å²) in [6.07, 6.45) is 0.362. The Hall–Kier alpha value is -3.42. The Balaban J connectivity index is 1.63. The van der Waals surface area contributed by atoms with Crippen LogP contribution in [0.2, 0.25) is 0 Å². The predicted octanol–water partition coefficient (Wildman–Crippen LogP) is 2.65. The molecule has 0 bridgehead atoms. The molecule has 0 saturated heterocycles. The molecule has 2 heterocycles. The first-order valence-electron chi connectivity index (χ1n) is 9.19. The summed E-state index contributed by atoms with van der Waals surface area (Å²) < 4.78 is 21.4. The average molecular weight is 399 g/mol. The number of aliphatic carboxylic acids is 1. The Bertz CT molecular complexity index is 972. The van der Waals surface area contributed by atoms with Gasteiger partial charge in [0, 0.05) is 6.54 Å². The zero-order chi connectivity index (χ0) is 20.5. The number of benzene rings is 2. The van der Waals surface area contributed by atoms with Crippen molar-refractivity contribution in [2.45, 2.75) is 18.9 Å². The summed E-state index contributed by atoms with van der Waals surface area (Å²) in [5, 5.41) is 9.40. The van der Waals surface area contributed by atoms with E-state index in [1.807, 2.05) is 18.2 Å². The molecule has 0 radical (unpaired) electrons. The number of rotatable bonds is 7. The third-order valence-corrected chi connectivity index (χ3v) is 5.23. The van der Waals surface area contributed by atoms with Crippen LogP contribution in [0.1, 0.15) is 33.9 Å². The quantitative estimate of drug-likeness (QED) is 0.765. The number of fused-ring (bicyclic) bond motifs is 2. The molecular weight excluding hydrogens is 378 g/mol. The second kappa shape index (κ2) is 7.54. The van der Waals surface area contributed by atoms with Crippen LogP contribution >= 0.6 is 0 Å². The van der Waals surface area contributed by atoms with Gasteiger partial charge in [0.2, 0.25) is 6.79 Å². The lowest BCUT2D eigenvalue weighted by Crippen LogP contribution is -2.31. The molecule has 4 rings (SSSR count). The first-order valence-corrected chi connectivity index (χ1v) is 9.19. The second-order valence-corrected chi connectivity index (χ2v) is 6.82. The molecule has 2 aliphatic heterocycles. The first-order chi connectivity index (χ1) is 14.0. The largest absolute Gasteiger partial charge is 0.493 e. The fourth-order valence-corrected chi connectivity index (χ4v) is 3.88. The van der Waals surface area contributed by atoms with Crippen molar-refractivity contribution >= 4 is 11.9 Å². The number of carboxylic acid groups (broad SMARTS) is 1. The van der Waals surface area contributed by atoms with E-state index in [9.17, 15) is 14.7 Å². The van der Waals surface area contributed by atoms with Gasteiger partial charge >= 0.3 is 5.97 Å². The summed E-state index contributed by atoms with van der Waals surface area (Å²) in [6.45, 7) is 0.553. The Kier molecular flexibility index (Phi) is 4.92. The summed E-state index contributed by atoms with van der Waals surface area (Å²) in [7, 11) is 2.96. The van der Waals surface area contributed by atoms with Crippen LogP contribution in [0.3, 0.4) is 0 Å². The molecule has 0 saturated carbocycles. The number of nitrogens with zero attached hydrogens (tertiary/aromatic N) is 1. The molecule has 2 aliphatic rings. The third kappa shape index (κ3) is 3.30. The summed E-state index contributed by atoms with van der Waals surface area (Å²) in [5.74, 6) is 0.898. The molecule has 2 aromatic carbocycles. The number of ether oxygens (including phenoxy) is 4. The van der Waals surface area contributed by atoms with Crippen LogP contribution in [0.15, 0.2) is 30.3 Å². The summed E-state index contributed by atoms with van der Waals surface area (Å²) >= 11 is 0. The average Bonchev–Trinajstić information content (AvgIpc) is 3.28. The molecule has 152 valence electrons. The molecule has 1 unspecified atom stereocenters. The second-order valence-electron chi connectivity index (χ2n) is 6.82. The topological polar surface area (TPSA) is 94.5 Å². The standard InChI is InChI=1S/C21H21NO7/c1-26-16-6-4-13-14(10-18(23)24)22(21(25)19(13)20(16)27-2)8-7-12-3-5-15-17(9-12)29-11-28-15/h3-6,9,14H,7-8,10-11H2,1-2H3,(H,23,24). The van der Waals surface area contributed by atoms with E-state index in [0.717, 1.165) is 5.56 Å². The summed E-state index contributed by atoms with van der Waals surface area (Å²) in [4.78, 5) is 26.3. The molecule has 1 N–H and O–H groups in total. The van der Waals surface area contributed by atoms with Gasteiger partial charge in [0.05, 0.1) is 32.2 Å². The fraction of sp³-hybridized carbons (Fsp3) is 0.333. The maximum absolute atomic E-state index is 13.2. The number of carbonyl (C=O) groups excluding carboxylic acids is 1. The normalized spacial score (nSPS) is 16.7. The summed E-state index contributed by atoms with van der Waals surface area (Å²) in [5.41, 5.74) is 1.97. The molecule has 1 atom stereocenters. The maximum atomic E-state index is 13.2. The molecule has 29 heavy (non-hydrogen) atoms. The van der Waals surface area contributed by atoms with Gasteiger partial charge in [0.1, 0.15) is 0 Å². The lowest BCUT2D eigenvalue weighted by molar-refractivity contribution is -0.138. The minimum atomic E-state index is -0.974. The molecular formula is C21H21NO7. The van der Waals surface area contributed by atoms with Crippen molar-refractivity contribution < 1.29 is 33.6 Å². The van der Waals surface area contributed by atoms with Crippen molar-refractivity contribution in [3.05, 3.63) is 47.0 Å². The number of carbonyl (C=O) groups is 2. The Morgan fingerprint density at radius 3 is 2.69 bits per heavy atom. The van der Waals surface area contributed by atoms with Gasteiger partial charge in [0.25, 0.3) is 5.91 Å². The lowest BCUT2D eigenvalue weighted by atomic mass is 10.0. The fourth-order valence-electron chi connectivity index (χ4n) is 3.88. The molecule has 0 fully saturated rings. The van der Waals surface area contributed by atoms with E-state index in [0.29, 0.717) is 47.1 Å². The monoisotopic (exact) mass is 399 g/mol. The van der Waals surface area contributed by atoms with Crippen molar-refractivity contribution in [1.82, 2.24) is 4.90 Å². The highest BCUT2D eigenvalue weighted by atomic mass is 16.7. The smallest absolute Gasteiger partial charge is 0.305 e. The number of hydrogen-bond acceptors (Lipinski definition) is 6. The summed E-state index contributed by atoms with van der Waals surface area (Å²) in [6, 6.07) is 8.50. The van der Waals surface area contributed by atoms with Crippen LogP contribution in [-0.4, -0.2) is 49.4 Å². The number of amides is 1. The van der Waals surface area contributed by atoms with Gasteiger partial charge in [-0.1, -0.05) is 12.1 Å². The van der Waals surface area contributed by atoms with Crippen LogP contribution < -0.4 is 18.9 Å². The molecule has 0 spiro atoms. The Morgan fingerprint density at radius 1 is 1.17 bits per heavy atom. The van der Waals surface area contributed by atoms with Gasteiger partial charge in [-0.05, 0) is 35.7 Å². The van der Waals surface area contributed by atoms with E-state index in [-0.39, 0.29) is 19.1 Å². The minimum absolute atomic E-state index is 0.185. The molecule has 0 aromatic heterocycles. The highest BCUT2D eigenvalue weighted by Gasteiger charge is 2.40. The van der Waals surface area contributed by atoms with Gasteiger partial charge in [-0.15, -0.1) is 0 Å². The van der Waals surface area contributed by atoms with Gasteiger partial charge in [-0.2, -0.15) is 0 Å². The van der Waals surface area contributed by atoms with E-state index in [2.05, 4.69) is 0 Å². The number of hydrogen-bond donors (Lipinski definition) is 1. The van der Waals surface area contributed by atoms with E-state index in [1.54, 1.807) is 17.0 Å². The minimum Gasteiger partial charge on any atom is -0.493 e. The van der Waals surface area contributed by atoms with Crippen LogP contribution in [0, 0.1) is 0 Å². The Morgan fingerprint density at radius 2 is 1.97 bits per heavy atom. The van der Waals surface area contributed by atoms with Crippen LogP contribution in [-0.2, 0) is 11.2 Å². The molecule has 1 amide bonds. The zero-order valence-electron chi connectivity index (χ0n) is 16.1. The molecule has 2 aromatic rings. The zero-order valence-corrected chi connectivity index (χ0v) is 16.1. The molecule has 8 nitrogen and oxygen atoms in total. The van der Waals surface area contributed by atoms with Gasteiger partial charge in [-0.3, -0.25) is 9.59 Å². The van der Waals surface area contributed by atoms with Crippen LogP contribution in [0.4, 0.5) is 0 Å². The van der Waals surface area contributed by atoms with Crippen molar-refractivity contribution in [2.75, 3.05) is 27.6 Å². The van der Waals surface area contributed by atoms with E-state index in [1.165, 1.54) is 14.2 Å². The van der Waals surface area contributed by atoms with Crippen molar-refractivity contribution in [1.29, 1.82) is 0 Å². The van der Waals surface area contributed by atoms with Crippen molar-refractivity contribution in [3.63, 3.8) is 0 Å². The highest BCUT2D eigenvalue weighted by molar-refractivity contribution is 6.03. The maximum Gasteiger partial charge on any atom is 0.305 e. The van der Waals surface area contributed by atoms with Crippen LogP contribution in [0.5, 0.6) is 23.0 Å². The Labute approximate surface area is 167 Å². The van der Waals surface area contributed by atoms with Gasteiger partial charge in [0.15, 0.2) is 23.0 Å². The third-order valence-electron chi connectivity index (χ3n) is 5.23. The number of methoxy groups -OCH3 is 2. The van der Waals surface area contributed by atoms with Crippen molar-refractivity contribution in [3.8, 4) is 23.0 Å². The van der Waals surface area contributed by atoms with Gasteiger partial charge in [-0.25, -0.2) is 0 Å². The van der Waals surface area contributed by atoms with E-state index < -0.39 is 12.0 Å². The van der Waals surface area contributed by atoms with Crippen LogP contribution in [0.25, 0.3) is 0 Å². The first kappa shape index (κ1) is 18.9.